The zero-order chi connectivity index (χ0) is 27.6. The predicted octanol–water partition coefficient (Wildman–Crippen LogP) is 0.557. The number of benzene rings is 1. The summed E-state index contributed by atoms with van der Waals surface area (Å²) in [4.78, 5) is 37.4. The van der Waals surface area contributed by atoms with Gasteiger partial charge in [0.05, 0.1) is 6.04 Å². The summed E-state index contributed by atoms with van der Waals surface area (Å²) in [5, 5.41) is 17.6. The maximum atomic E-state index is 13.0. The quantitative estimate of drug-likeness (QED) is 0.177. The van der Waals surface area contributed by atoms with Crippen LogP contribution in [0, 0.1) is 24.2 Å². The van der Waals surface area contributed by atoms with Gasteiger partial charge in [-0.25, -0.2) is 4.79 Å². The van der Waals surface area contributed by atoms with Crippen LogP contribution in [0.15, 0.2) is 24.3 Å². The Morgan fingerprint density at radius 3 is 2.46 bits per heavy atom. The Labute approximate surface area is 216 Å². The normalized spacial score (nSPS) is 17.7. The number of terminal acetylenes is 1. The molecule has 12 nitrogen and oxygen atoms in total. The highest BCUT2D eigenvalue weighted by molar-refractivity contribution is 7.86. The van der Waals surface area contributed by atoms with E-state index in [0.717, 1.165) is 0 Å². The molecule has 4 atom stereocenters. The van der Waals surface area contributed by atoms with Crippen LogP contribution >= 0.6 is 0 Å². The summed E-state index contributed by atoms with van der Waals surface area (Å²) in [7, 11) is -4.95. The number of ether oxygens (including phenoxy) is 2. The van der Waals surface area contributed by atoms with Gasteiger partial charge in [0.1, 0.15) is 25.0 Å². The third-order valence-corrected chi connectivity index (χ3v) is 6.55. The Morgan fingerprint density at radius 2 is 1.92 bits per heavy atom. The first-order valence-electron chi connectivity index (χ1n) is 11.7. The van der Waals surface area contributed by atoms with Gasteiger partial charge in [-0.05, 0) is 42.9 Å². The maximum absolute atomic E-state index is 13.0. The molecule has 1 heterocycles. The molecule has 1 aliphatic heterocycles. The van der Waals surface area contributed by atoms with Crippen LogP contribution < -0.4 is 20.7 Å². The van der Waals surface area contributed by atoms with Crippen molar-refractivity contribution >= 4 is 28.0 Å². The lowest BCUT2D eigenvalue weighted by atomic mass is 9.97. The number of hydrogen-bond acceptors (Lipinski definition) is 8. The number of hydrogen-bond donors (Lipinski definition) is 5. The summed E-state index contributed by atoms with van der Waals surface area (Å²) in [5.74, 6) is 1.04. The van der Waals surface area contributed by atoms with Crippen molar-refractivity contribution in [1.29, 1.82) is 0 Å². The van der Waals surface area contributed by atoms with Crippen molar-refractivity contribution < 1.29 is 41.9 Å². The third-order valence-electron chi connectivity index (χ3n) is 5.61. The first-order chi connectivity index (χ1) is 17.4. The molecule has 204 valence electrons. The van der Waals surface area contributed by atoms with E-state index in [2.05, 4.69) is 21.9 Å². The van der Waals surface area contributed by atoms with Gasteiger partial charge < -0.3 is 30.5 Å². The van der Waals surface area contributed by atoms with Crippen LogP contribution in [0.4, 0.5) is 4.79 Å². The Bertz CT molecular complexity index is 1080. The van der Waals surface area contributed by atoms with Crippen molar-refractivity contribution in [2.24, 2.45) is 11.8 Å². The number of amides is 3. The topological polar surface area (TPSA) is 180 Å². The van der Waals surface area contributed by atoms with E-state index in [1.165, 1.54) is 0 Å². The SMILES string of the molecule is C#CCOc1ccc(COC(=O)N[C@@H](CC(C)C)C(=O)N[C@@H](C[C@@H]2CCNC2=O)[C@H](O)S(=O)(=O)O)cc1. The van der Waals surface area contributed by atoms with Gasteiger partial charge in [-0.2, -0.15) is 8.42 Å². The number of aliphatic hydroxyl groups excluding tert-OH is 1. The first kappa shape index (κ1) is 29.9. The minimum Gasteiger partial charge on any atom is -0.481 e. The lowest BCUT2D eigenvalue weighted by Crippen LogP contribution is -2.54. The number of carbonyl (C=O) groups excluding carboxylic acids is 3. The Balaban J connectivity index is 2.04. The predicted molar refractivity (Wildman–Crippen MR) is 133 cm³/mol. The molecule has 3 amide bonds. The molecule has 1 saturated heterocycles. The van der Waals surface area contributed by atoms with E-state index in [1.54, 1.807) is 24.3 Å². The van der Waals surface area contributed by atoms with E-state index in [1.807, 2.05) is 13.8 Å². The summed E-state index contributed by atoms with van der Waals surface area (Å²) in [6, 6.07) is 4.05. The lowest BCUT2D eigenvalue weighted by molar-refractivity contribution is -0.126. The van der Waals surface area contributed by atoms with Crippen LogP contribution in [0.1, 0.15) is 38.7 Å². The fourth-order valence-electron chi connectivity index (χ4n) is 3.76. The van der Waals surface area contributed by atoms with Gasteiger partial charge in [-0.3, -0.25) is 14.1 Å². The Hall–Kier alpha value is -3.34. The van der Waals surface area contributed by atoms with E-state index in [9.17, 15) is 32.5 Å². The number of carbonyl (C=O) groups is 3. The fourth-order valence-corrected chi connectivity index (χ4v) is 4.35. The van der Waals surface area contributed by atoms with E-state index < -0.39 is 45.6 Å². The van der Waals surface area contributed by atoms with Gasteiger partial charge in [-0.15, -0.1) is 6.42 Å². The van der Waals surface area contributed by atoms with Crippen LogP contribution in [0.5, 0.6) is 5.75 Å². The van der Waals surface area contributed by atoms with Crippen molar-refractivity contribution in [3.63, 3.8) is 0 Å². The largest absolute Gasteiger partial charge is 0.481 e. The average molecular weight is 540 g/mol. The van der Waals surface area contributed by atoms with Gasteiger partial charge in [0.25, 0.3) is 10.1 Å². The summed E-state index contributed by atoms with van der Waals surface area (Å²) >= 11 is 0. The lowest BCUT2D eigenvalue weighted by Gasteiger charge is -2.27. The van der Waals surface area contributed by atoms with Crippen LogP contribution in [-0.2, 0) is 31.1 Å². The number of alkyl carbamates (subject to hydrolysis) is 1. The van der Waals surface area contributed by atoms with Crippen molar-refractivity contribution in [1.82, 2.24) is 16.0 Å². The van der Waals surface area contributed by atoms with Crippen molar-refractivity contribution in [3.8, 4) is 18.1 Å². The zero-order valence-corrected chi connectivity index (χ0v) is 21.5. The van der Waals surface area contributed by atoms with E-state index in [0.29, 0.717) is 24.3 Å². The molecule has 5 N–H and O–H groups in total. The molecule has 0 radical (unpaired) electrons. The molecular formula is C24H33N3O9S. The summed E-state index contributed by atoms with van der Waals surface area (Å²) in [6.07, 6.45) is 4.57. The standard InChI is InChI=1S/C24H33N3O9S/c1-4-11-35-18-7-5-16(6-8-18)14-36-24(31)27-19(12-15(2)3)22(29)26-20(23(30)37(32,33)34)13-17-9-10-25-21(17)28/h1,5-8,15,17,19-20,23,30H,9-14H2,2-3H3,(H,25,28)(H,26,29)(H,27,31)(H,32,33,34)/t17-,19-,20-,23+/m0/s1. The zero-order valence-electron chi connectivity index (χ0n) is 20.7. The second-order valence-corrected chi connectivity index (χ2v) is 10.6. The number of nitrogens with one attached hydrogen (secondary N) is 3. The highest BCUT2D eigenvalue weighted by Crippen LogP contribution is 2.20. The smallest absolute Gasteiger partial charge is 0.408 e. The van der Waals surface area contributed by atoms with E-state index in [4.69, 9.17) is 15.9 Å². The molecule has 0 unspecified atom stereocenters. The van der Waals surface area contributed by atoms with Crippen LogP contribution in [0.2, 0.25) is 0 Å². The fraction of sp³-hybridized carbons (Fsp3) is 0.542. The highest BCUT2D eigenvalue weighted by atomic mass is 32.2. The molecule has 0 spiro atoms. The molecule has 0 saturated carbocycles. The second kappa shape index (κ2) is 13.8. The molecule has 0 bridgehead atoms. The summed E-state index contributed by atoms with van der Waals surface area (Å²) < 4.78 is 43.0. The van der Waals surface area contributed by atoms with Gasteiger partial charge in [0, 0.05) is 12.5 Å². The molecular weight excluding hydrogens is 506 g/mol. The maximum Gasteiger partial charge on any atom is 0.408 e. The average Bonchev–Trinajstić information content (AvgIpc) is 3.24. The second-order valence-electron chi connectivity index (χ2n) is 9.07. The third kappa shape index (κ3) is 9.91. The van der Waals surface area contributed by atoms with Gasteiger partial charge in [0.15, 0.2) is 0 Å². The van der Waals surface area contributed by atoms with Crippen LogP contribution in [-0.4, -0.2) is 66.7 Å². The highest BCUT2D eigenvalue weighted by Gasteiger charge is 2.37. The molecule has 13 heteroatoms. The number of rotatable bonds is 13. The van der Waals surface area contributed by atoms with Crippen LogP contribution in [0.25, 0.3) is 0 Å². The number of aliphatic hydroxyl groups is 1. The molecule has 2 rings (SSSR count). The molecule has 0 aliphatic carbocycles. The Kier molecular flexibility index (Phi) is 11.2. The van der Waals surface area contributed by atoms with Gasteiger partial charge >= 0.3 is 6.09 Å². The Morgan fingerprint density at radius 1 is 1.24 bits per heavy atom. The molecule has 0 aromatic heterocycles. The monoisotopic (exact) mass is 539 g/mol. The summed E-state index contributed by atoms with van der Waals surface area (Å²) in [5.41, 5.74) is -1.71. The molecule has 1 aromatic rings. The van der Waals surface area contributed by atoms with E-state index >= 15 is 0 Å². The minimum atomic E-state index is -4.95. The van der Waals surface area contributed by atoms with Crippen LogP contribution in [0.3, 0.4) is 0 Å². The van der Waals surface area contributed by atoms with Crippen molar-refractivity contribution in [3.05, 3.63) is 29.8 Å². The first-order valence-corrected chi connectivity index (χ1v) is 13.2. The molecule has 1 fully saturated rings. The molecule has 1 aliphatic rings. The van der Waals surface area contributed by atoms with Gasteiger partial charge in [0.2, 0.25) is 17.3 Å². The van der Waals surface area contributed by atoms with Gasteiger partial charge in [-0.1, -0.05) is 31.9 Å². The van der Waals surface area contributed by atoms with Crippen molar-refractivity contribution in [2.75, 3.05) is 13.2 Å². The molecule has 1 aromatic carbocycles. The van der Waals surface area contributed by atoms with E-state index in [-0.39, 0.29) is 37.9 Å². The summed E-state index contributed by atoms with van der Waals surface area (Å²) in [6.45, 7) is 4.01. The molecule has 37 heavy (non-hydrogen) atoms. The van der Waals surface area contributed by atoms with Crippen molar-refractivity contribution in [2.45, 2.75) is 57.2 Å². The minimum absolute atomic E-state index is 0.0582.